The van der Waals surface area contributed by atoms with Crippen molar-refractivity contribution in [2.75, 3.05) is 0 Å². The van der Waals surface area contributed by atoms with Crippen molar-refractivity contribution in [2.24, 2.45) is 5.10 Å². The van der Waals surface area contributed by atoms with E-state index in [4.69, 9.17) is 0 Å². The van der Waals surface area contributed by atoms with Crippen LogP contribution in [0.4, 0.5) is 0 Å². The molecule has 5 nitrogen and oxygen atoms in total. The van der Waals surface area contributed by atoms with Crippen molar-refractivity contribution in [1.82, 2.24) is 19.4 Å². The molecule has 2 heterocycles. The third-order valence-electron chi connectivity index (χ3n) is 4.26. The lowest BCUT2D eigenvalue weighted by atomic mass is 10.1. The summed E-state index contributed by atoms with van der Waals surface area (Å²) in [7, 11) is 0. The highest BCUT2D eigenvalue weighted by atomic mass is 79.9. The second-order valence-corrected chi connectivity index (χ2v) is 6.73. The molecule has 0 atom stereocenters. The fraction of sp³-hybridized carbons (Fsp3) is 0.105. The molecule has 4 rings (SSSR count). The van der Waals surface area contributed by atoms with Gasteiger partial charge >= 0.3 is 0 Å². The van der Waals surface area contributed by atoms with Crippen LogP contribution in [-0.4, -0.2) is 25.7 Å². The molecule has 6 heteroatoms. The first-order valence-corrected chi connectivity index (χ1v) is 8.73. The van der Waals surface area contributed by atoms with Gasteiger partial charge in [-0.2, -0.15) is 5.10 Å². The van der Waals surface area contributed by atoms with Gasteiger partial charge < -0.3 is 4.57 Å². The second-order valence-electron chi connectivity index (χ2n) is 5.82. The van der Waals surface area contributed by atoms with Gasteiger partial charge in [-0.05, 0) is 30.7 Å². The lowest BCUT2D eigenvalue weighted by Gasteiger charge is -2.09. The van der Waals surface area contributed by atoms with Gasteiger partial charge in [0.1, 0.15) is 12.7 Å². The summed E-state index contributed by atoms with van der Waals surface area (Å²) in [5, 5.41) is 13.2. The molecule has 0 spiro atoms. The Labute approximate surface area is 153 Å². The fourth-order valence-electron chi connectivity index (χ4n) is 2.98. The van der Waals surface area contributed by atoms with Crippen LogP contribution < -0.4 is 0 Å². The number of halogens is 1. The Kier molecular flexibility index (Phi) is 4.19. The summed E-state index contributed by atoms with van der Waals surface area (Å²) in [6.45, 7) is 2.95. The van der Waals surface area contributed by atoms with E-state index in [9.17, 15) is 0 Å². The first-order valence-electron chi connectivity index (χ1n) is 7.93. The summed E-state index contributed by atoms with van der Waals surface area (Å²) >= 11 is 3.49. The van der Waals surface area contributed by atoms with Crippen molar-refractivity contribution in [3.05, 3.63) is 82.5 Å². The van der Waals surface area contributed by atoms with Gasteiger partial charge in [0.15, 0.2) is 0 Å². The van der Waals surface area contributed by atoms with Crippen molar-refractivity contribution < 1.29 is 0 Å². The Balaban J connectivity index is 1.79. The zero-order chi connectivity index (χ0) is 17.2. The third-order valence-corrected chi connectivity index (χ3v) is 4.79. The van der Waals surface area contributed by atoms with Gasteiger partial charge in [-0.15, -0.1) is 10.2 Å². The number of aromatic nitrogens is 4. The fourth-order valence-corrected chi connectivity index (χ4v) is 3.24. The molecule has 2 aromatic heterocycles. The van der Waals surface area contributed by atoms with Gasteiger partial charge in [-0.3, -0.25) is 0 Å². The van der Waals surface area contributed by atoms with Crippen LogP contribution in [0.3, 0.4) is 0 Å². The van der Waals surface area contributed by atoms with Gasteiger partial charge in [-0.1, -0.05) is 46.3 Å². The topological polar surface area (TPSA) is 48.0 Å². The summed E-state index contributed by atoms with van der Waals surface area (Å²) in [5.41, 5.74) is 4.75. The number of benzene rings is 2. The van der Waals surface area contributed by atoms with Crippen LogP contribution >= 0.6 is 15.9 Å². The Morgan fingerprint density at radius 3 is 2.52 bits per heavy atom. The highest BCUT2D eigenvalue weighted by Gasteiger charge is 2.12. The number of hydrogen-bond acceptors (Lipinski definition) is 3. The first kappa shape index (κ1) is 15.8. The van der Waals surface area contributed by atoms with Crippen molar-refractivity contribution in [3.63, 3.8) is 0 Å². The van der Waals surface area contributed by atoms with E-state index in [-0.39, 0.29) is 0 Å². The van der Waals surface area contributed by atoms with E-state index >= 15 is 0 Å². The monoisotopic (exact) mass is 393 g/mol. The molecule has 25 heavy (non-hydrogen) atoms. The average Bonchev–Trinajstić information content (AvgIpc) is 3.23. The summed E-state index contributed by atoms with van der Waals surface area (Å²) in [4.78, 5) is 0. The predicted octanol–water partition coefficient (Wildman–Crippen LogP) is 4.23. The molecule has 0 unspecified atom stereocenters. The summed E-state index contributed by atoms with van der Waals surface area (Å²) in [6, 6.07) is 16.8. The maximum Gasteiger partial charge on any atom is 0.141 e. The molecule has 0 amide bonds. The number of nitrogens with zero attached hydrogens (tertiary/aromatic N) is 5. The van der Waals surface area contributed by atoms with Crippen LogP contribution in [0.1, 0.15) is 16.8 Å². The van der Waals surface area contributed by atoms with Crippen LogP contribution in [0.25, 0.3) is 10.9 Å². The summed E-state index contributed by atoms with van der Waals surface area (Å²) in [5.74, 6) is 0. The van der Waals surface area contributed by atoms with E-state index in [1.165, 1.54) is 22.2 Å². The smallest absolute Gasteiger partial charge is 0.141 e. The molecule has 124 valence electrons. The SMILES string of the molecule is Cc1c(/C=N\n2cnnc2)c2ccccc2n1Cc1ccc(Br)cc1. The van der Waals surface area contributed by atoms with Crippen molar-refractivity contribution in [2.45, 2.75) is 13.5 Å². The first-order chi connectivity index (χ1) is 12.2. The molecule has 0 saturated carbocycles. The predicted molar refractivity (Wildman–Crippen MR) is 103 cm³/mol. The van der Waals surface area contributed by atoms with Gasteiger partial charge in [0, 0.05) is 33.2 Å². The number of fused-ring (bicyclic) bond motifs is 1. The molecule has 0 aliphatic carbocycles. The Morgan fingerprint density at radius 1 is 1.04 bits per heavy atom. The molecule has 0 bridgehead atoms. The maximum atomic E-state index is 4.43. The standard InChI is InChI=1S/C19H16BrN5/c1-14-18(10-23-24-12-21-22-13-24)17-4-2-3-5-19(17)25(14)11-15-6-8-16(20)9-7-15/h2-10,12-13H,11H2,1H3/b23-10-. The highest BCUT2D eigenvalue weighted by Crippen LogP contribution is 2.26. The largest absolute Gasteiger partial charge is 0.340 e. The van der Waals surface area contributed by atoms with Crippen LogP contribution in [-0.2, 0) is 6.54 Å². The van der Waals surface area contributed by atoms with E-state index in [0.717, 1.165) is 16.6 Å². The van der Waals surface area contributed by atoms with Gasteiger partial charge in [0.25, 0.3) is 0 Å². The van der Waals surface area contributed by atoms with Crippen LogP contribution in [0.15, 0.2) is 70.8 Å². The zero-order valence-electron chi connectivity index (χ0n) is 13.7. The van der Waals surface area contributed by atoms with E-state index in [0.29, 0.717) is 0 Å². The van der Waals surface area contributed by atoms with Crippen molar-refractivity contribution >= 4 is 33.0 Å². The lowest BCUT2D eigenvalue weighted by Crippen LogP contribution is -2.02. The van der Waals surface area contributed by atoms with Gasteiger partial charge in [0.05, 0.1) is 6.21 Å². The molecule has 4 aromatic rings. The minimum atomic E-state index is 0.820. The zero-order valence-corrected chi connectivity index (χ0v) is 15.3. The van der Waals surface area contributed by atoms with E-state index in [1.54, 1.807) is 17.3 Å². The molecule has 0 aliphatic rings. The van der Waals surface area contributed by atoms with Gasteiger partial charge in [0.2, 0.25) is 0 Å². The van der Waals surface area contributed by atoms with Crippen molar-refractivity contribution in [1.29, 1.82) is 0 Å². The van der Waals surface area contributed by atoms with Gasteiger partial charge in [-0.25, -0.2) is 4.68 Å². The molecule has 0 aliphatic heterocycles. The minimum Gasteiger partial charge on any atom is -0.340 e. The molecule has 2 aromatic carbocycles. The normalized spacial score (nSPS) is 11.6. The minimum absolute atomic E-state index is 0.820. The number of rotatable bonds is 4. The van der Waals surface area contributed by atoms with Crippen LogP contribution in [0, 0.1) is 6.92 Å². The quantitative estimate of drug-likeness (QED) is 0.487. The lowest BCUT2D eigenvalue weighted by molar-refractivity contribution is 0.803. The molecule has 0 radical (unpaired) electrons. The second kappa shape index (κ2) is 6.64. The molecule has 0 fully saturated rings. The average molecular weight is 394 g/mol. The Hall–Kier alpha value is -2.73. The Morgan fingerprint density at radius 2 is 1.76 bits per heavy atom. The van der Waals surface area contributed by atoms with E-state index in [1.807, 2.05) is 6.21 Å². The van der Waals surface area contributed by atoms with Crippen LogP contribution in [0.2, 0.25) is 0 Å². The third kappa shape index (κ3) is 3.13. The number of para-hydroxylation sites is 1. The van der Waals surface area contributed by atoms with E-state index < -0.39 is 0 Å². The van der Waals surface area contributed by atoms with E-state index in [2.05, 4.69) is 91.3 Å². The molecular formula is C19H16BrN5. The number of hydrogen-bond donors (Lipinski definition) is 0. The van der Waals surface area contributed by atoms with Crippen LogP contribution in [0.5, 0.6) is 0 Å². The Bertz CT molecular complexity index is 1030. The van der Waals surface area contributed by atoms with Crippen molar-refractivity contribution in [3.8, 4) is 0 Å². The maximum absolute atomic E-state index is 4.43. The summed E-state index contributed by atoms with van der Waals surface area (Å²) in [6.07, 6.45) is 5.03. The highest BCUT2D eigenvalue weighted by molar-refractivity contribution is 9.10. The molecular weight excluding hydrogens is 378 g/mol. The summed E-state index contributed by atoms with van der Waals surface area (Å²) < 4.78 is 5.01. The molecule has 0 N–H and O–H groups in total. The molecule has 0 saturated heterocycles.